The molecular weight excluding hydrogens is 460 g/mol. The SMILES string of the molecule is COc1cc(-c2ccc3c(c2NC(=O)N=[S@](N)(=O)c2cnn4c2OC[C@@H](OC)C4)CC3)ccn1. The second-order valence-electron chi connectivity index (χ2n) is 7.97. The van der Waals surface area contributed by atoms with E-state index < -0.39 is 15.9 Å². The maximum atomic E-state index is 13.2. The van der Waals surface area contributed by atoms with Crippen molar-refractivity contribution in [3.05, 3.63) is 47.8 Å². The van der Waals surface area contributed by atoms with Gasteiger partial charge in [0, 0.05) is 24.9 Å². The van der Waals surface area contributed by atoms with Crippen molar-refractivity contribution < 1.29 is 23.2 Å². The van der Waals surface area contributed by atoms with E-state index in [1.54, 1.807) is 19.4 Å². The van der Waals surface area contributed by atoms with Gasteiger partial charge in [-0.2, -0.15) is 5.10 Å². The van der Waals surface area contributed by atoms with Gasteiger partial charge in [0.1, 0.15) is 17.6 Å². The van der Waals surface area contributed by atoms with Crippen LogP contribution in [0.5, 0.6) is 11.8 Å². The number of nitrogens with zero attached hydrogens (tertiary/aromatic N) is 4. The van der Waals surface area contributed by atoms with Crippen LogP contribution in [0.3, 0.4) is 0 Å². The number of carbonyl (C=O) groups excluding carboxylic acids is 1. The Balaban J connectivity index is 1.47. The highest BCUT2D eigenvalue weighted by Gasteiger charge is 2.28. The van der Waals surface area contributed by atoms with Crippen LogP contribution in [0.1, 0.15) is 11.1 Å². The maximum Gasteiger partial charge on any atom is 0.354 e. The van der Waals surface area contributed by atoms with Gasteiger partial charge >= 0.3 is 6.03 Å². The number of carbonyl (C=O) groups is 1. The minimum Gasteiger partial charge on any atom is -0.481 e. The number of anilines is 1. The van der Waals surface area contributed by atoms with Gasteiger partial charge in [-0.1, -0.05) is 12.1 Å². The summed E-state index contributed by atoms with van der Waals surface area (Å²) in [6.45, 7) is 0.675. The van der Waals surface area contributed by atoms with E-state index in [2.05, 4.69) is 19.8 Å². The third kappa shape index (κ3) is 4.00. The number of rotatable bonds is 5. The molecule has 0 saturated carbocycles. The van der Waals surface area contributed by atoms with E-state index in [0.29, 0.717) is 18.1 Å². The molecule has 0 radical (unpaired) electrons. The van der Waals surface area contributed by atoms with Crippen LogP contribution < -0.4 is 19.9 Å². The number of nitrogens with two attached hydrogens (primary N) is 1. The van der Waals surface area contributed by atoms with Crippen LogP contribution in [0.15, 0.2) is 45.9 Å². The molecule has 34 heavy (non-hydrogen) atoms. The molecule has 3 N–H and O–H groups in total. The average molecular weight is 485 g/mol. The van der Waals surface area contributed by atoms with Crippen molar-refractivity contribution in [2.45, 2.75) is 30.4 Å². The summed E-state index contributed by atoms with van der Waals surface area (Å²) in [5, 5.41) is 13.0. The Morgan fingerprint density at radius 2 is 2.18 bits per heavy atom. The van der Waals surface area contributed by atoms with Gasteiger partial charge in [-0.15, -0.1) is 4.36 Å². The van der Waals surface area contributed by atoms with Crippen molar-refractivity contribution in [2.24, 2.45) is 9.50 Å². The molecule has 0 saturated heterocycles. The van der Waals surface area contributed by atoms with Gasteiger partial charge in [0.05, 0.1) is 25.5 Å². The molecule has 3 aromatic rings. The standard InChI is InChI=1S/C22H24N6O5S/c1-31-15-11-28-21(33-12-15)18(10-25-28)34(23,30)27-22(29)26-20-16-5-3-13(16)4-6-17(20)14-7-8-24-19(9-14)32-2/h4,6-10,15H,3,5,11-12H2,1-2H3,(H3,23,26,27,29,30)/t15-,34-/m0/s1. The third-order valence-corrected chi connectivity index (χ3v) is 7.30. The number of aromatic nitrogens is 3. The van der Waals surface area contributed by atoms with Crippen LogP contribution in [0.4, 0.5) is 10.5 Å². The van der Waals surface area contributed by atoms with Gasteiger partial charge in [0.25, 0.3) is 0 Å². The Labute approximate surface area is 196 Å². The fourth-order valence-electron chi connectivity index (χ4n) is 4.06. The molecule has 12 heteroatoms. The van der Waals surface area contributed by atoms with Crippen molar-refractivity contribution in [3.8, 4) is 22.9 Å². The minimum absolute atomic E-state index is 0.0670. The van der Waals surface area contributed by atoms with E-state index in [-0.39, 0.29) is 23.5 Å². The summed E-state index contributed by atoms with van der Waals surface area (Å²) in [5.74, 6) is 0.680. The van der Waals surface area contributed by atoms with E-state index in [1.807, 2.05) is 18.2 Å². The van der Waals surface area contributed by atoms with E-state index in [1.165, 1.54) is 18.0 Å². The highest BCUT2D eigenvalue weighted by atomic mass is 32.2. The molecule has 2 amide bonds. The predicted molar refractivity (Wildman–Crippen MR) is 124 cm³/mol. The van der Waals surface area contributed by atoms with Crippen molar-refractivity contribution in [1.82, 2.24) is 14.8 Å². The summed E-state index contributed by atoms with van der Waals surface area (Å²) in [5.41, 5.74) is 4.36. The molecule has 0 bridgehead atoms. The number of urea groups is 1. The number of nitrogens with one attached hydrogen (secondary N) is 1. The van der Waals surface area contributed by atoms with Crippen molar-refractivity contribution in [2.75, 3.05) is 26.1 Å². The van der Waals surface area contributed by atoms with Crippen LogP contribution in [-0.2, 0) is 34.0 Å². The Bertz CT molecular complexity index is 1390. The van der Waals surface area contributed by atoms with E-state index in [9.17, 15) is 9.00 Å². The quantitative estimate of drug-likeness (QED) is 0.566. The molecule has 2 aliphatic rings. The first kappa shape index (κ1) is 22.3. The van der Waals surface area contributed by atoms with Crippen LogP contribution in [-0.4, -0.2) is 51.9 Å². The molecule has 178 valence electrons. The number of pyridine rings is 1. The van der Waals surface area contributed by atoms with Crippen LogP contribution in [0.25, 0.3) is 11.1 Å². The Morgan fingerprint density at radius 3 is 2.91 bits per heavy atom. The topological polar surface area (TPSA) is 143 Å². The molecule has 2 atom stereocenters. The number of amides is 2. The van der Waals surface area contributed by atoms with Crippen LogP contribution in [0, 0.1) is 0 Å². The molecule has 1 aliphatic carbocycles. The number of fused-ring (bicyclic) bond motifs is 2. The largest absolute Gasteiger partial charge is 0.481 e. The van der Waals surface area contributed by atoms with Crippen molar-refractivity contribution in [1.29, 1.82) is 0 Å². The highest BCUT2D eigenvalue weighted by molar-refractivity contribution is 7.91. The van der Waals surface area contributed by atoms with Gasteiger partial charge in [0.2, 0.25) is 11.8 Å². The second kappa shape index (κ2) is 8.70. The van der Waals surface area contributed by atoms with Crippen LogP contribution >= 0.6 is 0 Å². The van der Waals surface area contributed by atoms with Gasteiger partial charge < -0.3 is 19.5 Å². The molecule has 2 aromatic heterocycles. The number of ether oxygens (including phenoxy) is 3. The van der Waals surface area contributed by atoms with Crippen molar-refractivity contribution in [3.63, 3.8) is 0 Å². The Morgan fingerprint density at radius 1 is 1.32 bits per heavy atom. The number of hydrogen-bond donors (Lipinski definition) is 2. The van der Waals surface area contributed by atoms with Gasteiger partial charge in [-0.3, -0.25) is 0 Å². The molecule has 0 spiro atoms. The first-order chi connectivity index (χ1) is 16.4. The lowest BCUT2D eigenvalue weighted by Crippen LogP contribution is -2.32. The van der Waals surface area contributed by atoms with Gasteiger partial charge in [0.15, 0.2) is 9.92 Å². The molecule has 5 rings (SSSR count). The molecule has 1 aliphatic heterocycles. The number of benzene rings is 1. The molecule has 0 unspecified atom stereocenters. The summed E-state index contributed by atoms with van der Waals surface area (Å²) >= 11 is 0. The van der Waals surface area contributed by atoms with Gasteiger partial charge in [-0.25, -0.2) is 23.8 Å². The fraction of sp³-hybridized carbons (Fsp3) is 0.318. The Hall–Kier alpha value is -3.48. The molecule has 0 fully saturated rings. The summed E-state index contributed by atoms with van der Waals surface area (Å²) in [7, 11) is -0.499. The summed E-state index contributed by atoms with van der Waals surface area (Å²) in [6.07, 6.45) is 4.50. The molecule has 11 nitrogen and oxygen atoms in total. The lowest BCUT2D eigenvalue weighted by Gasteiger charge is -2.25. The van der Waals surface area contributed by atoms with E-state index >= 15 is 0 Å². The monoisotopic (exact) mass is 484 g/mol. The zero-order valence-corrected chi connectivity index (χ0v) is 19.5. The van der Waals surface area contributed by atoms with Crippen molar-refractivity contribution >= 4 is 21.6 Å². The third-order valence-electron chi connectivity index (χ3n) is 5.95. The second-order valence-corrected chi connectivity index (χ2v) is 9.73. The zero-order valence-electron chi connectivity index (χ0n) is 18.7. The number of methoxy groups -OCH3 is 2. The van der Waals surface area contributed by atoms with E-state index in [0.717, 1.165) is 35.1 Å². The summed E-state index contributed by atoms with van der Waals surface area (Å²) in [6, 6.07) is 6.75. The Kier molecular flexibility index (Phi) is 5.71. The first-order valence-electron chi connectivity index (χ1n) is 10.6. The van der Waals surface area contributed by atoms with Gasteiger partial charge in [-0.05, 0) is 35.6 Å². The average Bonchev–Trinajstić information content (AvgIpc) is 3.24. The zero-order chi connectivity index (χ0) is 23.9. The van der Waals surface area contributed by atoms with E-state index in [4.69, 9.17) is 19.3 Å². The first-order valence-corrected chi connectivity index (χ1v) is 12.2. The number of aryl methyl sites for hydroxylation is 1. The summed E-state index contributed by atoms with van der Waals surface area (Å²) in [4.78, 5) is 17.1. The maximum absolute atomic E-state index is 13.2. The normalized spacial score (nSPS) is 17.9. The fourth-order valence-corrected chi connectivity index (χ4v) is 5.06. The minimum atomic E-state index is -3.61. The van der Waals surface area contributed by atoms with Crippen LogP contribution in [0.2, 0.25) is 0 Å². The highest BCUT2D eigenvalue weighted by Crippen LogP contribution is 2.39. The molecule has 3 heterocycles. The predicted octanol–water partition coefficient (Wildman–Crippen LogP) is 2.39. The number of hydrogen-bond acceptors (Lipinski definition) is 7. The lowest BCUT2D eigenvalue weighted by atomic mass is 9.84. The smallest absolute Gasteiger partial charge is 0.354 e. The lowest BCUT2D eigenvalue weighted by molar-refractivity contribution is 0.0165. The molecular formula is C22H24N6O5S. The summed E-state index contributed by atoms with van der Waals surface area (Å²) < 4.78 is 34.7. The molecule has 1 aromatic carbocycles.